The molecule has 3 heterocycles. The predicted octanol–water partition coefficient (Wildman–Crippen LogP) is 5.34. The normalized spacial score (nSPS) is 12.4. The Morgan fingerprint density at radius 3 is 1.30 bits per heavy atom. The first-order valence-corrected chi connectivity index (χ1v) is 9.83. The molecule has 0 aliphatic carbocycles. The van der Waals surface area contributed by atoms with Crippen LogP contribution in [0.4, 0.5) is 17.1 Å². The molecule has 0 fully saturated rings. The molecule has 7 rings (SSSR count). The summed E-state index contributed by atoms with van der Waals surface area (Å²) in [5, 5.41) is 6.68. The van der Waals surface area contributed by atoms with E-state index in [-0.39, 0.29) is 0 Å². The van der Waals surface area contributed by atoms with Crippen molar-refractivity contribution < 1.29 is 0 Å². The number of anilines is 3. The quantitative estimate of drug-likeness (QED) is 0.196. The zero-order valence-electron chi connectivity index (χ0n) is 15.9. The molecule has 6 heteroatoms. The topological polar surface area (TPSA) is 125 Å². The van der Waals surface area contributed by atoms with Crippen molar-refractivity contribution in [2.75, 3.05) is 17.2 Å². The summed E-state index contributed by atoms with van der Waals surface area (Å²) >= 11 is 0. The molecule has 30 heavy (non-hydrogen) atoms. The highest BCUT2D eigenvalue weighted by atomic mass is 14.8. The Bertz CT molecular complexity index is 1830. The molecule has 0 aliphatic rings. The monoisotopic (exact) mass is 390 g/mol. The van der Waals surface area contributed by atoms with Gasteiger partial charge in [0.05, 0.1) is 16.6 Å². The first-order valence-electron chi connectivity index (χ1n) is 9.83. The minimum absolute atomic E-state index is 0.735. The van der Waals surface area contributed by atoms with Gasteiger partial charge in [0, 0.05) is 65.9 Å². The number of benzene rings is 4. The van der Waals surface area contributed by atoms with Gasteiger partial charge in [0.2, 0.25) is 0 Å². The van der Waals surface area contributed by atoms with E-state index in [0.717, 1.165) is 82.5 Å². The Balaban J connectivity index is 1.91. The zero-order valence-corrected chi connectivity index (χ0v) is 15.9. The third-order valence-electron chi connectivity index (χ3n) is 6.22. The second-order valence-corrected chi connectivity index (χ2v) is 8.04. The van der Waals surface area contributed by atoms with Crippen LogP contribution < -0.4 is 17.2 Å². The average Bonchev–Trinajstić information content (AvgIpc) is 3.38. The van der Waals surface area contributed by atoms with Crippen molar-refractivity contribution in [2.24, 2.45) is 0 Å². The summed E-state index contributed by atoms with van der Waals surface area (Å²) in [5.41, 5.74) is 27.0. The van der Waals surface area contributed by atoms with Crippen LogP contribution in [-0.2, 0) is 0 Å². The Kier molecular flexibility index (Phi) is 2.59. The highest BCUT2D eigenvalue weighted by Crippen LogP contribution is 2.45. The molecule has 144 valence electrons. The first-order chi connectivity index (χ1) is 14.6. The van der Waals surface area contributed by atoms with E-state index in [4.69, 9.17) is 17.2 Å². The number of nitrogens with two attached hydrogens (primary N) is 3. The van der Waals surface area contributed by atoms with Gasteiger partial charge in [-0.3, -0.25) is 0 Å². The maximum absolute atomic E-state index is 6.17. The Morgan fingerprint density at radius 2 is 0.800 bits per heavy atom. The molecule has 0 radical (unpaired) electrons. The molecule has 3 aromatic heterocycles. The lowest BCUT2D eigenvalue weighted by Crippen LogP contribution is -1.83. The maximum Gasteiger partial charge on any atom is 0.0732 e. The maximum atomic E-state index is 6.17. The summed E-state index contributed by atoms with van der Waals surface area (Å²) in [7, 11) is 0. The Hall–Kier alpha value is -4.32. The van der Waals surface area contributed by atoms with Crippen LogP contribution in [0.15, 0.2) is 54.6 Å². The molecule has 0 bridgehead atoms. The van der Waals surface area contributed by atoms with Crippen LogP contribution in [0, 0.1) is 0 Å². The highest BCUT2D eigenvalue weighted by molar-refractivity contribution is 6.39. The summed E-state index contributed by atoms with van der Waals surface area (Å²) < 4.78 is 0. The summed E-state index contributed by atoms with van der Waals surface area (Å²) in [4.78, 5) is 10.9. The molecule has 0 spiro atoms. The molecular weight excluding hydrogens is 372 g/mol. The minimum atomic E-state index is 0.735. The summed E-state index contributed by atoms with van der Waals surface area (Å²) in [6, 6.07) is 18.0. The third-order valence-corrected chi connectivity index (χ3v) is 6.22. The number of hydrogen-bond acceptors (Lipinski definition) is 3. The van der Waals surface area contributed by atoms with E-state index in [1.807, 2.05) is 54.6 Å². The Morgan fingerprint density at radius 1 is 0.433 bits per heavy atom. The molecule has 0 unspecified atom stereocenters. The largest absolute Gasteiger partial charge is 0.399 e. The van der Waals surface area contributed by atoms with Crippen molar-refractivity contribution >= 4 is 82.5 Å². The summed E-state index contributed by atoms with van der Waals surface area (Å²) in [5.74, 6) is 0. The minimum Gasteiger partial charge on any atom is -0.399 e. The number of aromatic amines is 3. The van der Waals surface area contributed by atoms with Gasteiger partial charge in [-0.05, 0) is 54.6 Å². The summed E-state index contributed by atoms with van der Waals surface area (Å²) in [6.07, 6.45) is 0. The number of aromatic nitrogens is 3. The van der Waals surface area contributed by atoms with E-state index in [1.54, 1.807) is 0 Å². The lowest BCUT2D eigenvalue weighted by molar-refractivity contribution is 1.51. The second-order valence-electron chi connectivity index (χ2n) is 8.04. The van der Waals surface area contributed by atoms with Gasteiger partial charge in [-0.2, -0.15) is 0 Å². The molecule has 4 aromatic carbocycles. The SMILES string of the molecule is Nc1ccc2[nH]c3c4[nH]c5ccc(N)cc5c4c4c5cc(N)ccc5[nH]c4c3c2c1. The van der Waals surface area contributed by atoms with Gasteiger partial charge in [0.15, 0.2) is 0 Å². The van der Waals surface area contributed by atoms with Crippen LogP contribution in [0.1, 0.15) is 0 Å². The highest BCUT2D eigenvalue weighted by Gasteiger charge is 2.21. The number of H-pyrrole nitrogens is 3. The van der Waals surface area contributed by atoms with E-state index in [1.165, 1.54) is 0 Å². The van der Waals surface area contributed by atoms with Gasteiger partial charge >= 0.3 is 0 Å². The van der Waals surface area contributed by atoms with Crippen LogP contribution in [0.3, 0.4) is 0 Å². The number of nitrogen functional groups attached to an aromatic ring is 3. The zero-order chi connectivity index (χ0) is 20.1. The molecular formula is C24H18N6. The van der Waals surface area contributed by atoms with Crippen molar-refractivity contribution in [1.82, 2.24) is 15.0 Å². The van der Waals surface area contributed by atoms with Gasteiger partial charge in [-0.1, -0.05) is 0 Å². The summed E-state index contributed by atoms with van der Waals surface area (Å²) in [6.45, 7) is 0. The number of nitrogens with one attached hydrogen (secondary N) is 3. The third kappa shape index (κ3) is 1.78. The number of rotatable bonds is 0. The molecule has 0 saturated carbocycles. The van der Waals surface area contributed by atoms with E-state index < -0.39 is 0 Å². The Labute approximate surface area is 169 Å². The van der Waals surface area contributed by atoms with E-state index in [9.17, 15) is 0 Å². The van der Waals surface area contributed by atoms with E-state index in [2.05, 4.69) is 15.0 Å². The van der Waals surface area contributed by atoms with Crippen LogP contribution in [0.5, 0.6) is 0 Å². The smallest absolute Gasteiger partial charge is 0.0732 e. The van der Waals surface area contributed by atoms with Crippen molar-refractivity contribution in [3.8, 4) is 0 Å². The van der Waals surface area contributed by atoms with Crippen molar-refractivity contribution in [3.05, 3.63) is 54.6 Å². The fourth-order valence-electron chi connectivity index (χ4n) is 4.97. The standard InChI is InChI=1S/C24H18N6/c25-10-1-4-16-13(7-10)19-20-14-8-11(26)2-5-17(14)29-23(20)24-21(22(19)28-16)15-9-12(27)3-6-18(15)30-24/h1-9,28-30H,25-27H2. The van der Waals surface area contributed by atoms with Crippen LogP contribution in [-0.4, -0.2) is 15.0 Å². The molecule has 6 nitrogen and oxygen atoms in total. The molecule has 0 atom stereocenters. The lowest BCUT2D eigenvalue weighted by atomic mass is 10.0. The van der Waals surface area contributed by atoms with Gasteiger partial charge in [0.1, 0.15) is 0 Å². The number of hydrogen-bond donors (Lipinski definition) is 6. The first kappa shape index (κ1) is 15.6. The van der Waals surface area contributed by atoms with Gasteiger partial charge < -0.3 is 32.2 Å². The predicted molar refractivity (Wildman–Crippen MR) is 128 cm³/mol. The molecule has 0 saturated heterocycles. The van der Waals surface area contributed by atoms with Crippen molar-refractivity contribution in [3.63, 3.8) is 0 Å². The van der Waals surface area contributed by atoms with Crippen LogP contribution in [0.25, 0.3) is 65.4 Å². The fraction of sp³-hybridized carbons (Fsp3) is 0. The van der Waals surface area contributed by atoms with Gasteiger partial charge in [0.25, 0.3) is 0 Å². The van der Waals surface area contributed by atoms with Crippen LogP contribution >= 0.6 is 0 Å². The fourth-order valence-corrected chi connectivity index (χ4v) is 4.97. The molecule has 0 aliphatic heterocycles. The van der Waals surface area contributed by atoms with Crippen molar-refractivity contribution in [2.45, 2.75) is 0 Å². The second kappa shape index (κ2) is 4.99. The number of fused-ring (bicyclic) bond motifs is 12. The van der Waals surface area contributed by atoms with Gasteiger partial charge in [-0.15, -0.1) is 0 Å². The van der Waals surface area contributed by atoms with Gasteiger partial charge in [-0.25, -0.2) is 0 Å². The lowest BCUT2D eigenvalue weighted by Gasteiger charge is -2.02. The molecule has 0 amide bonds. The van der Waals surface area contributed by atoms with Crippen molar-refractivity contribution in [1.29, 1.82) is 0 Å². The molecule has 7 aromatic rings. The van der Waals surface area contributed by atoms with E-state index >= 15 is 0 Å². The van der Waals surface area contributed by atoms with E-state index in [0.29, 0.717) is 0 Å². The van der Waals surface area contributed by atoms with Crippen LogP contribution in [0.2, 0.25) is 0 Å². The average molecular weight is 390 g/mol. The molecule has 9 N–H and O–H groups in total.